The number of anilines is 1. The monoisotopic (exact) mass is 390 g/mol. The van der Waals surface area contributed by atoms with Gasteiger partial charge < -0.3 is 16.0 Å². The number of aromatic nitrogens is 1. The molecule has 7 heteroatoms. The maximum atomic E-state index is 13.3. The Morgan fingerprint density at radius 1 is 1.15 bits per heavy atom. The van der Waals surface area contributed by atoms with E-state index in [0.717, 1.165) is 42.6 Å². The average Bonchev–Trinajstić information content (AvgIpc) is 3.06. The Morgan fingerprint density at radius 3 is 2.56 bits per heavy atom. The van der Waals surface area contributed by atoms with Gasteiger partial charge in [0.2, 0.25) is 0 Å². The van der Waals surface area contributed by atoms with Crippen molar-refractivity contribution in [2.24, 2.45) is 5.73 Å². The van der Waals surface area contributed by atoms with Crippen LogP contribution in [0, 0.1) is 5.82 Å². The molecule has 4 rings (SSSR count). The van der Waals surface area contributed by atoms with Gasteiger partial charge in [-0.1, -0.05) is 12.1 Å². The predicted molar refractivity (Wildman–Crippen MR) is 105 cm³/mol. The maximum absolute atomic E-state index is 13.3. The van der Waals surface area contributed by atoms with Gasteiger partial charge >= 0.3 is 6.03 Å². The number of nitrogens with zero attached hydrogens (tertiary/aromatic N) is 2. The van der Waals surface area contributed by atoms with E-state index in [1.165, 1.54) is 17.8 Å². The van der Waals surface area contributed by atoms with Gasteiger partial charge in [-0.25, -0.2) is 9.18 Å². The minimum Gasteiger partial charge on any atom is -0.328 e. The van der Waals surface area contributed by atoms with Gasteiger partial charge in [0.15, 0.2) is 0 Å². The third-order valence-corrected chi connectivity index (χ3v) is 5.42. The molecule has 1 saturated carbocycles. The van der Waals surface area contributed by atoms with Crippen LogP contribution in [-0.2, 0) is 13.1 Å². The number of pyridine rings is 1. The predicted octanol–water partition coefficient (Wildman–Crippen LogP) is 4.18. The Kier molecular flexibility index (Phi) is 5.97. The molecule has 2 aromatic rings. The van der Waals surface area contributed by atoms with Crippen LogP contribution in [0.15, 0.2) is 36.5 Å². The van der Waals surface area contributed by atoms with E-state index < -0.39 is 0 Å². The number of hydrogen-bond acceptors (Lipinski definition) is 3. The van der Waals surface area contributed by atoms with Gasteiger partial charge in [0.1, 0.15) is 5.82 Å². The van der Waals surface area contributed by atoms with Crippen molar-refractivity contribution in [3.05, 3.63) is 59.2 Å². The Bertz CT molecular complexity index is 806. The summed E-state index contributed by atoms with van der Waals surface area (Å²) in [6, 6.07) is 9.67. The zero-order valence-electron chi connectivity index (χ0n) is 15.0. The molecule has 1 aliphatic carbocycles. The van der Waals surface area contributed by atoms with Crippen molar-refractivity contribution in [3.8, 4) is 0 Å². The molecule has 1 aromatic carbocycles. The maximum Gasteiger partial charge on any atom is 0.322 e. The van der Waals surface area contributed by atoms with E-state index in [1.807, 2.05) is 12.1 Å². The summed E-state index contributed by atoms with van der Waals surface area (Å²) < 4.78 is 13.3. The van der Waals surface area contributed by atoms with Crippen molar-refractivity contribution in [2.45, 2.75) is 50.7 Å². The zero-order chi connectivity index (χ0) is 18.1. The molecular formula is C20H24ClFN4O. The molecule has 2 heterocycles. The highest BCUT2D eigenvalue weighted by atomic mass is 35.5. The van der Waals surface area contributed by atoms with E-state index in [1.54, 1.807) is 4.90 Å². The van der Waals surface area contributed by atoms with Crippen LogP contribution in [0.25, 0.3) is 0 Å². The highest BCUT2D eigenvalue weighted by Gasteiger charge is 2.25. The lowest BCUT2D eigenvalue weighted by atomic mass is 9.82. The lowest BCUT2D eigenvalue weighted by Crippen LogP contribution is -2.30. The second-order valence-corrected chi connectivity index (χ2v) is 7.28. The van der Waals surface area contributed by atoms with Gasteiger partial charge in [0.05, 0.1) is 18.4 Å². The number of urea groups is 1. The largest absolute Gasteiger partial charge is 0.328 e. The van der Waals surface area contributed by atoms with Crippen molar-refractivity contribution in [2.75, 3.05) is 5.32 Å². The molecule has 0 unspecified atom stereocenters. The van der Waals surface area contributed by atoms with Crippen LogP contribution in [0.4, 0.5) is 14.9 Å². The number of nitrogens with one attached hydrogen (secondary N) is 1. The van der Waals surface area contributed by atoms with Crippen LogP contribution >= 0.6 is 12.4 Å². The Labute approximate surface area is 164 Å². The van der Waals surface area contributed by atoms with Gasteiger partial charge in [-0.15, -0.1) is 12.4 Å². The van der Waals surface area contributed by atoms with Crippen molar-refractivity contribution >= 4 is 24.1 Å². The number of fused-ring (bicyclic) bond motifs is 1. The molecule has 1 aromatic heterocycles. The summed E-state index contributed by atoms with van der Waals surface area (Å²) in [6.45, 7) is 0.786. The molecule has 5 nitrogen and oxygen atoms in total. The summed E-state index contributed by atoms with van der Waals surface area (Å²) in [7, 11) is 0. The topological polar surface area (TPSA) is 71.2 Å². The van der Waals surface area contributed by atoms with Crippen molar-refractivity contribution < 1.29 is 9.18 Å². The number of carbonyl (C=O) groups excluding carboxylic acids is 1. The average molecular weight is 391 g/mol. The smallest absolute Gasteiger partial charge is 0.322 e. The van der Waals surface area contributed by atoms with Crippen LogP contribution in [0.2, 0.25) is 0 Å². The first kappa shape index (κ1) is 19.6. The van der Waals surface area contributed by atoms with Crippen LogP contribution in [0.3, 0.4) is 0 Å². The van der Waals surface area contributed by atoms with E-state index >= 15 is 0 Å². The van der Waals surface area contributed by atoms with E-state index in [9.17, 15) is 9.18 Å². The van der Waals surface area contributed by atoms with Crippen molar-refractivity contribution in [3.63, 3.8) is 0 Å². The van der Waals surface area contributed by atoms with Gasteiger partial charge in [0, 0.05) is 18.3 Å². The lowest BCUT2D eigenvalue weighted by Gasteiger charge is -2.26. The normalized spacial score (nSPS) is 21.3. The van der Waals surface area contributed by atoms with Gasteiger partial charge in [-0.05, 0) is 60.9 Å². The fourth-order valence-electron chi connectivity index (χ4n) is 3.87. The summed E-state index contributed by atoms with van der Waals surface area (Å²) in [5.41, 5.74) is 9.58. The second-order valence-electron chi connectivity index (χ2n) is 7.28. The van der Waals surface area contributed by atoms with Gasteiger partial charge in [0.25, 0.3) is 0 Å². The van der Waals surface area contributed by atoms with E-state index in [4.69, 9.17) is 5.73 Å². The van der Waals surface area contributed by atoms with Crippen LogP contribution in [0.5, 0.6) is 0 Å². The summed E-state index contributed by atoms with van der Waals surface area (Å²) >= 11 is 0. The van der Waals surface area contributed by atoms with Crippen LogP contribution in [-0.4, -0.2) is 22.0 Å². The third-order valence-electron chi connectivity index (χ3n) is 5.42. The van der Waals surface area contributed by atoms with Crippen molar-refractivity contribution in [1.82, 2.24) is 9.88 Å². The molecule has 0 spiro atoms. The fourth-order valence-corrected chi connectivity index (χ4v) is 3.87. The van der Waals surface area contributed by atoms with Crippen molar-refractivity contribution in [1.29, 1.82) is 0 Å². The van der Waals surface area contributed by atoms with E-state index in [0.29, 0.717) is 25.0 Å². The first-order chi connectivity index (χ1) is 12.6. The summed E-state index contributed by atoms with van der Waals surface area (Å²) in [5, 5.41) is 2.92. The Hall–Kier alpha value is -2.18. The standard InChI is InChI=1S/C20H23FN4O.ClH/c21-16-9-15-11-25(12-19(15)23-10-16)20(26)24-18-7-3-14(4-8-18)13-1-5-17(22)6-2-13;/h3-4,7-10,13,17H,1-2,5-6,11-12,22H2,(H,24,26);1H. The minimum atomic E-state index is -0.370. The number of carbonyl (C=O) groups is 1. The third kappa shape index (κ3) is 4.39. The van der Waals surface area contributed by atoms with Crippen LogP contribution < -0.4 is 11.1 Å². The lowest BCUT2D eigenvalue weighted by molar-refractivity contribution is 0.212. The molecule has 144 valence electrons. The van der Waals surface area contributed by atoms with Gasteiger partial charge in [-0.2, -0.15) is 0 Å². The Morgan fingerprint density at radius 2 is 1.85 bits per heavy atom. The number of amides is 2. The highest BCUT2D eigenvalue weighted by Crippen LogP contribution is 2.32. The fraction of sp³-hybridized carbons (Fsp3) is 0.400. The molecule has 1 aliphatic heterocycles. The molecule has 0 atom stereocenters. The molecule has 0 bridgehead atoms. The summed E-state index contributed by atoms with van der Waals surface area (Å²) in [4.78, 5) is 18.2. The van der Waals surface area contributed by atoms with Crippen LogP contribution in [0.1, 0.15) is 48.4 Å². The first-order valence-corrected chi connectivity index (χ1v) is 9.13. The number of rotatable bonds is 2. The second kappa shape index (κ2) is 8.23. The van der Waals surface area contributed by atoms with Gasteiger partial charge in [-0.3, -0.25) is 4.98 Å². The molecule has 0 saturated heterocycles. The number of benzene rings is 1. The number of nitrogens with two attached hydrogens (primary N) is 1. The quantitative estimate of drug-likeness (QED) is 0.808. The summed E-state index contributed by atoms with van der Waals surface area (Å²) in [6.07, 6.45) is 5.60. The molecule has 27 heavy (non-hydrogen) atoms. The zero-order valence-corrected chi connectivity index (χ0v) is 15.8. The summed E-state index contributed by atoms with van der Waals surface area (Å²) in [5.74, 6) is 0.193. The highest BCUT2D eigenvalue weighted by molar-refractivity contribution is 5.89. The van der Waals surface area contributed by atoms with E-state index in [-0.39, 0.29) is 24.3 Å². The molecular weight excluding hydrogens is 367 g/mol. The molecule has 1 fully saturated rings. The Balaban J connectivity index is 0.00000210. The molecule has 0 radical (unpaired) electrons. The minimum absolute atomic E-state index is 0. The number of hydrogen-bond donors (Lipinski definition) is 2. The molecule has 2 amide bonds. The molecule has 3 N–H and O–H groups in total. The first-order valence-electron chi connectivity index (χ1n) is 9.13. The SMILES string of the molecule is Cl.NC1CCC(c2ccc(NC(=O)N3Cc4cc(F)cnc4C3)cc2)CC1. The van der Waals surface area contributed by atoms with E-state index in [2.05, 4.69) is 22.4 Å². The molecule has 2 aliphatic rings. The number of halogens is 2.